The molecule has 1 aliphatic rings. The first-order valence-corrected chi connectivity index (χ1v) is 4.38. The predicted molar refractivity (Wildman–Crippen MR) is 52.2 cm³/mol. The highest BCUT2D eigenvalue weighted by Gasteiger charge is 2.19. The fourth-order valence-corrected chi connectivity index (χ4v) is 0.808. The van der Waals surface area contributed by atoms with E-state index < -0.39 is 0 Å². The minimum absolute atomic E-state index is 0.0812. The Labute approximate surface area is 78.6 Å². The molecule has 0 aromatic rings. The summed E-state index contributed by atoms with van der Waals surface area (Å²) in [4.78, 5) is 9.21. The summed E-state index contributed by atoms with van der Waals surface area (Å²) in [6.45, 7) is 7.80. The van der Waals surface area contributed by atoms with Gasteiger partial charge in [0.2, 0.25) is 0 Å². The van der Waals surface area contributed by atoms with Crippen molar-refractivity contribution in [2.75, 3.05) is 0 Å². The van der Waals surface area contributed by atoms with Gasteiger partial charge in [0, 0.05) is 0 Å². The van der Waals surface area contributed by atoms with Gasteiger partial charge in [-0.2, -0.15) is 0 Å². The largest absolute Gasteiger partial charge is 0.472 e. The Morgan fingerprint density at radius 1 is 1.54 bits per heavy atom. The smallest absolute Gasteiger partial charge is 0.170 e. The lowest BCUT2D eigenvalue weighted by Gasteiger charge is -2.15. The molecule has 1 heterocycles. The van der Waals surface area contributed by atoms with E-state index in [4.69, 9.17) is 9.57 Å². The van der Waals surface area contributed by atoms with Crippen molar-refractivity contribution >= 4 is 12.6 Å². The van der Waals surface area contributed by atoms with Crippen LogP contribution in [0.3, 0.4) is 0 Å². The van der Waals surface area contributed by atoms with E-state index >= 15 is 0 Å². The van der Waals surface area contributed by atoms with Gasteiger partial charge in [-0.15, -0.1) is 0 Å². The Hall–Kier alpha value is -1.06. The number of rotatable bonds is 2. The zero-order valence-electron chi connectivity index (χ0n) is 8.52. The van der Waals surface area contributed by atoms with Crippen LogP contribution in [-0.2, 0) is 9.57 Å². The van der Waals surface area contributed by atoms with Crippen LogP contribution >= 0.6 is 0 Å². The Bertz CT molecular complexity index is 218. The average molecular weight is 184 g/mol. The zero-order valence-corrected chi connectivity index (χ0v) is 8.52. The highest BCUT2D eigenvalue weighted by molar-refractivity contribution is 5.69. The maximum atomic E-state index is 5.17. The molecule has 0 aromatic carbocycles. The maximum Gasteiger partial charge on any atom is 0.170 e. The third-order valence-electron chi connectivity index (χ3n) is 1.52. The summed E-state index contributed by atoms with van der Waals surface area (Å²) in [5.41, 5.74) is -0.251. The molecule has 2 unspecified atom stereocenters. The normalized spacial score (nSPS) is 28.0. The highest BCUT2D eigenvalue weighted by Crippen LogP contribution is 2.09. The molecule has 0 fully saturated rings. The molecule has 0 saturated carbocycles. The number of hydrogen-bond acceptors (Lipinski definition) is 4. The minimum atomic E-state index is -0.251. The van der Waals surface area contributed by atoms with E-state index in [-0.39, 0.29) is 17.7 Å². The molecule has 0 aliphatic carbocycles. The molecule has 0 aromatic heterocycles. The van der Waals surface area contributed by atoms with Crippen LogP contribution in [0.2, 0.25) is 0 Å². The summed E-state index contributed by atoms with van der Waals surface area (Å²) >= 11 is 0. The number of aliphatic imine (C=N–C) groups is 1. The fourth-order valence-electron chi connectivity index (χ4n) is 0.808. The van der Waals surface area contributed by atoms with Gasteiger partial charge in [0.1, 0.15) is 5.60 Å². The van der Waals surface area contributed by atoms with Gasteiger partial charge in [0.05, 0.1) is 12.3 Å². The molecule has 4 nitrogen and oxygen atoms in total. The average Bonchev–Trinajstić information content (AvgIpc) is 2.34. The van der Waals surface area contributed by atoms with E-state index in [2.05, 4.69) is 10.1 Å². The first kappa shape index (κ1) is 10.0. The monoisotopic (exact) mass is 184 g/mol. The second-order valence-electron chi connectivity index (χ2n) is 4.05. The van der Waals surface area contributed by atoms with E-state index in [1.54, 1.807) is 6.21 Å². The van der Waals surface area contributed by atoms with Crippen LogP contribution in [0.5, 0.6) is 0 Å². The first-order valence-electron chi connectivity index (χ1n) is 4.38. The summed E-state index contributed by atoms with van der Waals surface area (Å²) in [6, 6.07) is 0.132. The molecule has 1 rings (SSSR count). The van der Waals surface area contributed by atoms with E-state index in [1.807, 2.05) is 27.7 Å². The van der Waals surface area contributed by atoms with E-state index in [0.29, 0.717) is 0 Å². The van der Waals surface area contributed by atoms with Gasteiger partial charge >= 0.3 is 0 Å². The molecule has 0 saturated heterocycles. The Kier molecular flexibility index (Phi) is 2.90. The van der Waals surface area contributed by atoms with E-state index in [0.717, 1.165) is 0 Å². The lowest BCUT2D eigenvalue weighted by atomic mass is 10.2. The first-order chi connectivity index (χ1) is 5.99. The summed E-state index contributed by atoms with van der Waals surface area (Å²) < 4.78 is 5.16. The topological polar surface area (TPSA) is 43.2 Å². The molecule has 0 radical (unpaired) electrons. The van der Waals surface area contributed by atoms with Crippen molar-refractivity contribution in [3.8, 4) is 0 Å². The molecule has 74 valence electrons. The van der Waals surface area contributed by atoms with Gasteiger partial charge in [-0.3, -0.25) is 4.99 Å². The van der Waals surface area contributed by atoms with Gasteiger partial charge in [-0.1, -0.05) is 5.16 Å². The van der Waals surface area contributed by atoms with Crippen LogP contribution in [0.15, 0.2) is 10.1 Å². The van der Waals surface area contributed by atoms with Crippen molar-refractivity contribution in [1.82, 2.24) is 0 Å². The lowest BCUT2D eigenvalue weighted by molar-refractivity contribution is 0.000538. The maximum absolute atomic E-state index is 5.17. The standard InChI is InChI=1S/C9H16N2O2/c1-7-8(12-6-10-7)5-11-13-9(2,3)4/h5-8H,1-4H3/b11-5-. The second-order valence-corrected chi connectivity index (χ2v) is 4.05. The summed E-state index contributed by atoms with van der Waals surface area (Å²) in [5.74, 6) is 0. The van der Waals surface area contributed by atoms with Crippen LogP contribution in [0, 0.1) is 0 Å². The van der Waals surface area contributed by atoms with Crippen LogP contribution in [0.1, 0.15) is 27.7 Å². The molecular weight excluding hydrogens is 168 g/mol. The second kappa shape index (κ2) is 3.77. The minimum Gasteiger partial charge on any atom is -0.472 e. The lowest BCUT2D eigenvalue weighted by Crippen LogP contribution is -2.22. The summed E-state index contributed by atoms with van der Waals surface area (Å²) in [7, 11) is 0. The highest BCUT2D eigenvalue weighted by atomic mass is 16.6. The number of hydrogen-bond donors (Lipinski definition) is 0. The third kappa shape index (κ3) is 3.44. The van der Waals surface area contributed by atoms with Crippen molar-refractivity contribution in [3.05, 3.63) is 0 Å². The van der Waals surface area contributed by atoms with Gasteiger partial charge in [-0.25, -0.2) is 0 Å². The Morgan fingerprint density at radius 2 is 2.23 bits per heavy atom. The van der Waals surface area contributed by atoms with Crippen LogP contribution in [0.25, 0.3) is 0 Å². The summed E-state index contributed by atoms with van der Waals surface area (Å²) in [5, 5.41) is 3.85. The molecule has 13 heavy (non-hydrogen) atoms. The zero-order chi connectivity index (χ0) is 9.90. The van der Waals surface area contributed by atoms with Crippen LogP contribution in [-0.4, -0.2) is 30.4 Å². The Morgan fingerprint density at radius 3 is 2.69 bits per heavy atom. The van der Waals surface area contributed by atoms with Crippen LogP contribution < -0.4 is 0 Å². The van der Waals surface area contributed by atoms with Crippen LogP contribution in [0.4, 0.5) is 0 Å². The number of oxime groups is 1. The van der Waals surface area contributed by atoms with Gasteiger partial charge in [0.15, 0.2) is 12.5 Å². The third-order valence-corrected chi connectivity index (χ3v) is 1.52. The molecule has 0 bridgehead atoms. The van der Waals surface area contributed by atoms with Crippen molar-refractivity contribution < 1.29 is 9.57 Å². The van der Waals surface area contributed by atoms with Gasteiger partial charge in [-0.05, 0) is 27.7 Å². The molecule has 0 amide bonds. The van der Waals surface area contributed by atoms with Crippen molar-refractivity contribution in [2.24, 2.45) is 10.1 Å². The van der Waals surface area contributed by atoms with Crippen molar-refractivity contribution in [3.63, 3.8) is 0 Å². The quantitative estimate of drug-likeness (QED) is 0.483. The SMILES string of the molecule is CC1N=COC1/C=N\OC(C)(C)C. The van der Waals surface area contributed by atoms with Crippen molar-refractivity contribution in [1.29, 1.82) is 0 Å². The predicted octanol–water partition coefficient (Wildman–Crippen LogP) is 1.60. The fraction of sp³-hybridized carbons (Fsp3) is 0.778. The van der Waals surface area contributed by atoms with E-state index in [9.17, 15) is 0 Å². The van der Waals surface area contributed by atoms with Crippen molar-refractivity contribution in [2.45, 2.75) is 45.4 Å². The number of nitrogens with zero attached hydrogens (tertiary/aromatic N) is 2. The molecule has 0 N–H and O–H groups in total. The van der Waals surface area contributed by atoms with Gasteiger partial charge < -0.3 is 9.57 Å². The molecule has 0 spiro atoms. The number of ether oxygens (including phenoxy) is 1. The van der Waals surface area contributed by atoms with Gasteiger partial charge in [0.25, 0.3) is 0 Å². The Balaban J connectivity index is 2.33. The summed E-state index contributed by atoms with van der Waals surface area (Å²) in [6.07, 6.45) is 3.02. The molecule has 2 atom stereocenters. The molecule has 4 heteroatoms. The molecule has 1 aliphatic heterocycles. The van der Waals surface area contributed by atoms with E-state index in [1.165, 1.54) is 6.40 Å². The molecular formula is C9H16N2O2.